The van der Waals surface area contributed by atoms with Gasteiger partial charge in [-0.1, -0.05) is 6.08 Å². The summed E-state index contributed by atoms with van der Waals surface area (Å²) in [5, 5.41) is 0. The standard InChI is InChI=1S/C13H14F3O/c1-4-9-12(2,3)17-11-7-5-10(6-8-11)13(14,15)16/h4-9H,1H2,2-3H3. The van der Waals surface area contributed by atoms with Crippen molar-refractivity contribution in [2.75, 3.05) is 0 Å². The zero-order valence-corrected chi connectivity index (χ0v) is 9.71. The van der Waals surface area contributed by atoms with E-state index in [1.54, 1.807) is 26.0 Å². The Labute approximate surface area is 98.9 Å². The number of rotatable bonds is 3. The molecule has 0 N–H and O–H groups in total. The average Bonchev–Trinajstić information content (AvgIpc) is 2.16. The normalized spacial score (nSPS) is 13.1. The Kier molecular flexibility index (Phi) is 3.86. The van der Waals surface area contributed by atoms with Crippen LogP contribution in [0.5, 0.6) is 5.75 Å². The van der Waals surface area contributed by atoms with Crippen LogP contribution in [0, 0.1) is 6.92 Å². The summed E-state index contributed by atoms with van der Waals surface area (Å²) in [5.74, 6) is 0.390. The van der Waals surface area contributed by atoms with Gasteiger partial charge in [0.25, 0.3) is 0 Å². The zero-order chi connectivity index (χ0) is 13.1. The minimum Gasteiger partial charge on any atom is -0.484 e. The van der Waals surface area contributed by atoms with Crippen molar-refractivity contribution in [1.82, 2.24) is 0 Å². The predicted molar refractivity (Wildman–Crippen MR) is 60.6 cm³/mol. The summed E-state index contributed by atoms with van der Waals surface area (Å²) in [5.41, 5.74) is -1.28. The molecule has 0 fully saturated rings. The van der Waals surface area contributed by atoms with Gasteiger partial charge in [0.1, 0.15) is 11.4 Å². The van der Waals surface area contributed by atoms with E-state index in [2.05, 4.69) is 6.92 Å². The number of halogens is 3. The lowest BCUT2D eigenvalue weighted by atomic mass is 10.1. The summed E-state index contributed by atoms with van der Waals surface area (Å²) in [4.78, 5) is 0. The fourth-order valence-corrected chi connectivity index (χ4v) is 1.33. The van der Waals surface area contributed by atoms with E-state index < -0.39 is 17.3 Å². The van der Waals surface area contributed by atoms with Crippen molar-refractivity contribution >= 4 is 0 Å². The van der Waals surface area contributed by atoms with Gasteiger partial charge in [0.2, 0.25) is 0 Å². The highest BCUT2D eigenvalue weighted by atomic mass is 19.4. The summed E-state index contributed by atoms with van der Waals surface area (Å²) < 4.78 is 42.5. The van der Waals surface area contributed by atoms with Crippen LogP contribution in [0.2, 0.25) is 0 Å². The van der Waals surface area contributed by atoms with Gasteiger partial charge in [-0.25, -0.2) is 0 Å². The Bertz CT molecular complexity index is 388. The van der Waals surface area contributed by atoms with Gasteiger partial charge in [-0.05, 0) is 51.1 Å². The molecule has 17 heavy (non-hydrogen) atoms. The highest BCUT2D eigenvalue weighted by Gasteiger charge is 2.30. The van der Waals surface area contributed by atoms with E-state index in [1.165, 1.54) is 12.1 Å². The monoisotopic (exact) mass is 243 g/mol. The molecule has 0 unspecified atom stereocenters. The minimum absolute atomic E-state index is 0.390. The number of hydrogen-bond donors (Lipinski definition) is 0. The SMILES string of the molecule is [CH2]C=CC(C)(C)Oc1ccc(C(F)(F)F)cc1. The van der Waals surface area contributed by atoms with Gasteiger partial charge in [0, 0.05) is 0 Å². The quantitative estimate of drug-likeness (QED) is 0.771. The smallest absolute Gasteiger partial charge is 0.416 e. The molecule has 0 heterocycles. The fraction of sp³-hybridized carbons (Fsp3) is 0.308. The number of benzene rings is 1. The Hall–Kier alpha value is -1.45. The topological polar surface area (TPSA) is 9.23 Å². The molecule has 0 aliphatic carbocycles. The van der Waals surface area contributed by atoms with Crippen molar-refractivity contribution in [1.29, 1.82) is 0 Å². The third-order valence-corrected chi connectivity index (χ3v) is 2.08. The van der Waals surface area contributed by atoms with Gasteiger partial charge in [0.05, 0.1) is 5.56 Å². The first-order chi connectivity index (χ1) is 7.74. The van der Waals surface area contributed by atoms with Crippen molar-refractivity contribution < 1.29 is 17.9 Å². The minimum atomic E-state index is -4.32. The van der Waals surface area contributed by atoms with Crippen molar-refractivity contribution in [2.45, 2.75) is 25.6 Å². The molecule has 4 heteroatoms. The maximum Gasteiger partial charge on any atom is 0.416 e. The van der Waals surface area contributed by atoms with Crippen LogP contribution in [-0.2, 0) is 6.18 Å². The molecule has 1 radical (unpaired) electrons. The van der Waals surface area contributed by atoms with Gasteiger partial charge >= 0.3 is 6.18 Å². The molecule has 93 valence electrons. The fourth-order valence-electron chi connectivity index (χ4n) is 1.33. The van der Waals surface area contributed by atoms with Gasteiger partial charge < -0.3 is 4.74 Å². The lowest BCUT2D eigenvalue weighted by molar-refractivity contribution is -0.137. The summed E-state index contributed by atoms with van der Waals surface area (Å²) in [6, 6.07) is 4.61. The highest BCUT2D eigenvalue weighted by molar-refractivity contribution is 5.29. The van der Waals surface area contributed by atoms with Crippen LogP contribution in [0.15, 0.2) is 36.4 Å². The van der Waals surface area contributed by atoms with Crippen LogP contribution in [-0.4, -0.2) is 5.60 Å². The maximum absolute atomic E-state index is 12.3. The first-order valence-electron chi connectivity index (χ1n) is 5.08. The molecule has 0 aromatic heterocycles. The largest absolute Gasteiger partial charge is 0.484 e. The van der Waals surface area contributed by atoms with Gasteiger partial charge in [-0.15, -0.1) is 0 Å². The molecular formula is C13H14F3O. The molecule has 0 saturated carbocycles. The molecule has 1 aromatic rings. The van der Waals surface area contributed by atoms with Crippen LogP contribution < -0.4 is 4.74 Å². The number of hydrogen-bond acceptors (Lipinski definition) is 1. The van der Waals surface area contributed by atoms with E-state index in [0.717, 1.165) is 12.1 Å². The van der Waals surface area contributed by atoms with Crippen LogP contribution in [0.4, 0.5) is 13.2 Å². The number of alkyl halides is 3. The second-order valence-electron chi connectivity index (χ2n) is 4.13. The zero-order valence-electron chi connectivity index (χ0n) is 9.71. The van der Waals surface area contributed by atoms with Crippen LogP contribution in [0.25, 0.3) is 0 Å². The van der Waals surface area contributed by atoms with E-state index in [4.69, 9.17) is 4.74 Å². The Balaban J connectivity index is 2.82. The number of allylic oxidation sites excluding steroid dienone is 1. The molecule has 0 spiro atoms. The van der Waals surface area contributed by atoms with E-state index in [1.807, 2.05) is 0 Å². The third kappa shape index (κ3) is 4.13. The molecule has 0 saturated heterocycles. The molecule has 1 rings (SSSR count). The molecule has 1 nitrogen and oxygen atoms in total. The first kappa shape index (κ1) is 13.6. The van der Waals surface area contributed by atoms with Crippen LogP contribution >= 0.6 is 0 Å². The van der Waals surface area contributed by atoms with E-state index in [-0.39, 0.29) is 0 Å². The second kappa shape index (κ2) is 4.82. The van der Waals surface area contributed by atoms with Gasteiger partial charge in [-0.2, -0.15) is 13.2 Å². The van der Waals surface area contributed by atoms with Crippen molar-refractivity contribution in [3.8, 4) is 5.75 Å². The summed E-state index contributed by atoms with van der Waals surface area (Å²) >= 11 is 0. The number of ether oxygens (including phenoxy) is 1. The van der Waals surface area contributed by atoms with Gasteiger partial charge in [0.15, 0.2) is 0 Å². The van der Waals surface area contributed by atoms with Crippen molar-refractivity contribution in [2.24, 2.45) is 0 Å². The molecule has 0 atom stereocenters. The van der Waals surface area contributed by atoms with Gasteiger partial charge in [-0.3, -0.25) is 0 Å². The van der Waals surface area contributed by atoms with Crippen LogP contribution in [0.1, 0.15) is 19.4 Å². The molecule has 0 bridgehead atoms. The average molecular weight is 243 g/mol. The van der Waals surface area contributed by atoms with E-state index in [0.29, 0.717) is 5.75 Å². The first-order valence-corrected chi connectivity index (χ1v) is 5.08. The molecule has 1 aromatic carbocycles. The second-order valence-corrected chi connectivity index (χ2v) is 4.13. The van der Waals surface area contributed by atoms with Crippen LogP contribution in [0.3, 0.4) is 0 Å². The highest BCUT2D eigenvalue weighted by Crippen LogP contribution is 2.31. The Morgan fingerprint density at radius 2 is 1.65 bits per heavy atom. The predicted octanol–water partition coefficient (Wildman–Crippen LogP) is 4.25. The van der Waals surface area contributed by atoms with Crippen molar-refractivity contribution in [3.05, 3.63) is 48.9 Å². The lowest BCUT2D eigenvalue weighted by Crippen LogP contribution is -2.25. The van der Waals surface area contributed by atoms with Crippen molar-refractivity contribution in [3.63, 3.8) is 0 Å². The van der Waals surface area contributed by atoms with E-state index in [9.17, 15) is 13.2 Å². The summed E-state index contributed by atoms with van der Waals surface area (Å²) in [6.07, 6.45) is -1.00. The Morgan fingerprint density at radius 3 is 2.06 bits per heavy atom. The molecule has 0 amide bonds. The lowest BCUT2D eigenvalue weighted by Gasteiger charge is -2.23. The Morgan fingerprint density at radius 1 is 1.12 bits per heavy atom. The van der Waals surface area contributed by atoms with E-state index >= 15 is 0 Å². The summed E-state index contributed by atoms with van der Waals surface area (Å²) in [7, 11) is 0. The molecular weight excluding hydrogens is 229 g/mol. The molecule has 0 aliphatic heterocycles. The maximum atomic E-state index is 12.3. The third-order valence-electron chi connectivity index (χ3n) is 2.08. The summed E-state index contributed by atoms with van der Waals surface area (Å²) in [6.45, 7) is 7.15. The molecule has 0 aliphatic rings.